The molecule has 2 heteroatoms. The zero-order valence-corrected chi connectivity index (χ0v) is 26.2. The number of fused-ring (bicyclic) bond motifs is 6. The third kappa shape index (κ3) is 4.00. The summed E-state index contributed by atoms with van der Waals surface area (Å²) < 4.78 is 2.42. The molecule has 8 aromatic carbocycles. The highest BCUT2D eigenvalue weighted by Gasteiger charge is 2.24. The fraction of sp³-hybridized carbons (Fsp3) is 0. The second-order valence-corrected chi connectivity index (χ2v) is 12.6. The van der Waals surface area contributed by atoms with E-state index in [-0.39, 0.29) is 0 Å². The topological polar surface area (TPSA) is 8.17 Å². The van der Waals surface area contributed by atoms with E-state index in [1.165, 1.54) is 71.6 Å². The Kier molecular flexibility index (Phi) is 5.91. The second kappa shape index (κ2) is 10.6. The van der Waals surface area contributed by atoms with E-state index in [0.29, 0.717) is 0 Å². The third-order valence-corrected chi connectivity index (χ3v) is 9.88. The lowest BCUT2D eigenvalue weighted by atomic mass is 10.00. The van der Waals surface area contributed by atoms with Gasteiger partial charge in [0.1, 0.15) is 0 Å². The highest BCUT2D eigenvalue weighted by Crippen LogP contribution is 2.50. The molecule has 0 fully saturated rings. The standard InChI is InChI=1S/C46H30N2/c1-2-16-33(17-3-1)47(35-29-32-15-13-24-41-37-20-4-5-21-38(37)42(30-35)46(32)41)34-18-12-14-31(28-34)36-19-6-9-25-43(36)48-44-26-10-7-22-39(44)40-23-8-11-27-45(40)48/h1-30H. The number of aromatic nitrogens is 1. The van der Waals surface area contributed by atoms with E-state index >= 15 is 0 Å². The summed E-state index contributed by atoms with van der Waals surface area (Å²) in [5.74, 6) is 0. The van der Waals surface area contributed by atoms with Gasteiger partial charge < -0.3 is 9.47 Å². The fourth-order valence-electron chi connectivity index (χ4n) is 7.86. The lowest BCUT2D eigenvalue weighted by Gasteiger charge is -2.27. The van der Waals surface area contributed by atoms with Crippen molar-refractivity contribution in [2.45, 2.75) is 0 Å². The molecular weight excluding hydrogens is 581 g/mol. The summed E-state index contributed by atoms with van der Waals surface area (Å²) in [6.07, 6.45) is 0. The summed E-state index contributed by atoms with van der Waals surface area (Å²) in [7, 11) is 0. The van der Waals surface area contributed by atoms with Gasteiger partial charge in [-0.25, -0.2) is 0 Å². The van der Waals surface area contributed by atoms with Crippen LogP contribution >= 0.6 is 0 Å². The van der Waals surface area contributed by atoms with Crippen molar-refractivity contribution in [3.63, 3.8) is 0 Å². The molecule has 9 aromatic rings. The fourth-order valence-corrected chi connectivity index (χ4v) is 7.86. The average Bonchev–Trinajstić information content (AvgIpc) is 3.66. The van der Waals surface area contributed by atoms with Crippen molar-refractivity contribution >= 4 is 49.6 Å². The van der Waals surface area contributed by atoms with Gasteiger partial charge in [-0.15, -0.1) is 0 Å². The SMILES string of the molecule is c1ccc(N(c2cccc(-c3ccccc3-n3c4ccccc4c4ccccc43)c2)c2cc3c4c(cccc4c2)-c2ccccc2-3)cc1. The molecule has 0 saturated carbocycles. The lowest BCUT2D eigenvalue weighted by molar-refractivity contribution is 1.18. The van der Waals surface area contributed by atoms with Gasteiger partial charge in [-0.05, 0) is 93.2 Å². The molecule has 0 radical (unpaired) electrons. The molecule has 0 aliphatic heterocycles. The van der Waals surface area contributed by atoms with Crippen molar-refractivity contribution in [3.8, 4) is 39.1 Å². The van der Waals surface area contributed by atoms with Crippen molar-refractivity contribution in [3.05, 3.63) is 182 Å². The van der Waals surface area contributed by atoms with Crippen molar-refractivity contribution in [1.29, 1.82) is 0 Å². The molecule has 0 N–H and O–H groups in total. The summed E-state index contributed by atoms with van der Waals surface area (Å²) in [5, 5.41) is 5.12. The Morgan fingerprint density at radius 2 is 0.938 bits per heavy atom. The molecule has 48 heavy (non-hydrogen) atoms. The van der Waals surface area contributed by atoms with Gasteiger partial charge in [0.05, 0.1) is 16.7 Å². The first-order chi connectivity index (χ1) is 23.8. The number of para-hydroxylation sites is 4. The molecule has 2 nitrogen and oxygen atoms in total. The maximum absolute atomic E-state index is 2.42. The van der Waals surface area contributed by atoms with Crippen molar-refractivity contribution in [1.82, 2.24) is 4.57 Å². The Bertz CT molecular complexity index is 2630. The molecule has 0 amide bonds. The molecule has 1 aliphatic carbocycles. The number of anilines is 3. The Morgan fingerprint density at radius 3 is 1.71 bits per heavy atom. The first-order valence-electron chi connectivity index (χ1n) is 16.5. The van der Waals surface area contributed by atoms with E-state index in [2.05, 4.69) is 191 Å². The number of nitrogens with zero attached hydrogens (tertiary/aromatic N) is 2. The van der Waals surface area contributed by atoms with Gasteiger partial charge in [-0.3, -0.25) is 0 Å². The number of hydrogen-bond donors (Lipinski definition) is 0. The molecule has 224 valence electrons. The van der Waals surface area contributed by atoms with Gasteiger partial charge in [-0.1, -0.05) is 127 Å². The number of hydrogen-bond acceptors (Lipinski definition) is 1. The first kappa shape index (κ1) is 26.8. The summed E-state index contributed by atoms with van der Waals surface area (Å²) in [6, 6.07) is 66.2. The largest absolute Gasteiger partial charge is 0.310 e. The maximum atomic E-state index is 2.42. The zero-order chi connectivity index (χ0) is 31.6. The van der Waals surface area contributed by atoms with Gasteiger partial charge in [0, 0.05) is 33.4 Å². The summed E-state index contributed by atoms with van der Waals surface area (Å²) in [6.45, 7) is 0. The van der Waals surface area contributed by atoms with Crippen LogP contribution in [-0.2, 0) is 0 Å². The first-order valence-corrected chi connectivity index (χ1v) is 16.5. The lowest BCUT2D eigenvalue weighted by Crippen LogP contribution is -2.10. The predicted molar refractivity (Wildman–Crippen MR) is 203 cm³/mol. The Labute approximate surface area is 279 Å². The van der Waals surface area contributed by atoms with Crippen LogP contribution in [0, 0.1) is 0 Å². The highest BCUT2D eigenvalue weighted by atomic mass is 15.1. The quantitative estimate of drug-likeness (QED) is 0.188. The molecule has 0 saturated heterocycles. The minimum Gasteiger partial charge on any atom is -0.310 e. The Hall–Kier alpha value is -6.38. The monoisotopic (exact) mass is 610 g/mol. The van der Waals surface area contributed by atoms with Gasteiger partial charge in [0.15, 0.2) is 0 Å². The van der Waals surface area contributed by atoms with Gasteiger partial charge in [0.2, 0.25) is 0 Å². The van der Waals surface area contributed by atoms with Crippen LogP contribution in [0.3, 0.4) is 0 Å². The predicted octanol–water partition coefficient (Wildman–Crippen LogP) is 12.7. The van der Waals surface area contributed by atoms with Crippen LogP contribution in [-0.4, -0.2) is 4.57 Å². The molecule has 1 aromatic heterocycles. The van der Waals surface area contributed by atoms with E-state index < -0.39 is 0 Å². The van der Waals surface area contributed by atoms with Crippen LogP contribution in [0.4, 0.5) is 17.1 Å². The average molecular weight is 611 g/mol. The van der Waals surface area contributed by atoms with Gasteiger partial charge >= 0.3 is 0 Å². The van der Waals surface area contributed by atoms with Crippen LogP contribution in [0.15, 0.2) is 182 Å². The zero-order valence-electron chi connectivity index (χ0n) is 26.2. The Morgan fingerprint density at radius 1 is 0.354 bits per heavy atom. The highest BCUT2D eigenvalue weighted by molar-refractivity contribution is 6.16. The van der Waals surface area contributed by atoms with Gasteiger partial charge in [-0.2, -0.15) is 0 Å². The van der Waals surface area contributed by atoms with E-state index in [4.69, 9.17) is 0 Å². The van der Waals surface area contributed by atoms with Crippen LogP contribution < -0.4 is 4.90 Å². The van der Waals surface area contributed by atoms with Crippen molar-refractivity contribution in [2.75, 3.05) is 4.90 Å². The summed E-state index contributed by atoms with van der Waals surface area (Å²) >= 11 is 0. The van der Waals surface area contributed by atoms with Crippen molar-refractivity contribution in [2.24, 2.45) is 0 Å². The molecule has 1 aliphatic rings. The molecule has 0 spiro atoms. The maximum Gasteiger partial charge on any atom is 0.0541 e. The second-order valence-electron chi connectivity index (χ2n) is 12.6. The summed E-state index contributed by atoms with van der Waals surface area (Å²) in [4.78, 5) is 2.40. The van der Waals surface area contributed by atoms with E-state index in [1.807, 2.05) is 0 Å². The molecular formula is C46H30N2. The van der Waals surface area contributed by atoms with Crippen LogP contribution in [0.5, 0.6) is 0 Å². The van der Waals surface area contributed by atoms with E-state index in [9.17, 15) is 0 Å². The van der Waals surface area contributed by atoms with E-state index in [0.717, 1.165) is 17.1 Å². The normalized spacial score (nSPS) is 11.8. The van der Waals surface area contributed by atoms with Crippen LogP contribution in [0.1, 0.15) is 0 Å². The van der Waals surface area contributed by atoms with E-state index in [1.54, 1.807) is 0 Å². The van der Waals surface area contributed by atoms with Crippen molar-refractivity contribution < 1.29 is 0 Å². The van der Waals surface area contributed by atoms with Crippen LogP contribution in [0.2, 0.25) is 0 Å². The smallest absolute Gasteiger partial charge is 0.0541 e. The number of benzene rings is 8. The molecule has 0 unspecified atom stereocenters. The Balaban J connectivity index is 1.18. The van der Waals surface area contributed by atoms with Gasteiger partial charge in [0.25, 0.3) is 0 Å². The minimum atomic E-state index is 1.12. The third-order valence-electron chi connectivity index (χ3n) is 9.88. The molecule has 10 rings (SSSR count). The molecule has 0 atom stereocenters. The molecule has 1 heterocycles. The summed E-state index contributed by atoms with van der Waals surface area (Å²) in [5.41, 5.74) is 14.6. The molecule has 0 bridgehead atoms. The number of rotatable bonds is 5. The van der Waals surface area contributed by atoms with Crippen LogP contribution in [0.25, 0.3) is 71.6 Å². The minimum absolute atomic E-state index is 1.12.